The van der Waals surface area contributed by atoms with Crippen LogP contribution in [0.25, 0.3) is 0 Å². The molecule has 0 aliphatic carbocycles. The first-order valence-electron chi connectivity index (χ1n) is 8.45. The van der Waals surface area contributed by atoms with Gasteiger partial charge in [0.05, 0.1) is 7.11 Å². The lowest BCUT2D eigenvalue weighted by atomic mass is 9.91. The first kappa shape index (κ1) is 16.7. The molecule has 1 aromatic carbocycles. The van der Waals surface area contributed by atoms with E-state index in [1.807, 2.05) is 0 Å². The third kappa shape index (κ3) is 3.23. The summed E-state index contributed by atoms with van der Waals surface area (Å²) in [5.74, 6) is 0.161. The maximum atomic E-state index is 15.0. The maximum absolute atomic E-state index is 15.0. The molecule has 24 heavy (non-hydrogen) atoms. The fraction of sp³-hybridized carbons (Fsp3) is 0.556. The number of likely N-dealkylation sites (tertiary alicyclic amines) is 2. The minimum absolute atomic E-state index is 0.0736. The van der Waals surface area contributed by atoms with Crippen LogP contribution in [0.15, 0.2) is 24.3 Å². The average molecular weight is 334 g/mol. The van der Waals surface area contributed by atoms with E-state index in [1.54, 1.807) is 41.2 Å². The molecule has 0 unspecified atom stereocenters. The Bertz CT molecular complexity index is 603. The van der Waals surface area contributed by atoms with Gasteiger partial charge in [-0.2, -0.15) is 0 Å². The second kappa shape index (κ2) is 6.79. The van der Waals surface area contributed by atoms with Gasteiger partial charge in [0, 0.05) is 44.6 Å². The van der Waals surface area contributed by atoms with Crippen LogP contribution in [0.4, 0.5) is 4.39 Å². The van der Waals surface area contributed by atoms with Crippen molar-refractivity contribution in [2.45, 2.75) is 31.4 Å². The molecular weight excluding hydrogens is 311 g/mol. The minimum atomic E-state index is -1.82. The molecule has 3 rings (SSSR count). The summed E-state index contributed by atoms with van der Waals surface area (Å²) < 4.78 is 20.1. The molecule has 0 N–H and O–H groups in total. The van der Waals surface area contributed by atoms with Crippen molar-refractivity contribution in [2.75, 3.05) is 33.3 Å². The summed E-state index contributed by atoms with van der Waals surface area (Å²) >= 11 is 0. The predicted octanol–water partition coefficient (Wildman–Crippen LogP) is 2.26. The summed E-state index contributed by atoms with van der Waals surface area (Å²) in [5.41, 5.74) is -1.27. The van der Waals surface area contributed by atoms with Crippen LogP contribution >= 0.6 is 0 Å². The van der Waals surface area contributed by atoms with Gasteiger partial charge in [0.2, 0.25) is 0 Å². The van der Waals surface area contributed by atoms with Gasteiger partial charge in [-0.3, -0.25) is 9.59 Å². The van der Waals surface area contributed by atoms with E-state index in [9.17, 15) is 9.59 Å². The third-order valence-electron chi connectivity index (χ3n) is 4.96. The fourth-order valence-corrected chi connectivity index (χ4v) is 3.40. The quantitative estimate of drug-likeness (QED) is 0.852. The molecule has 2 saturated heterocycles. The Kier molecular flexibility index (Phi) is 4.73. The van der Waals surface area contributed by atoms with Crippen molar-refractivity contribution in [2.24, 2.45) is 0 Å². The summed E-state index contributed by atoms with van der Waals surface area (Å²) in [4.78, 5) is 28.1. The van der Waals surface area contributed by atoms with Gasteiger partial charge in [0.1, 0.15) is 5.75 Å². The Hall–Kier alpha value is -2.11. The SMILES string of the molecule is COc1ccc(C(=O)N2CCC(F)(C(=O)N3CCCC3)CC2)cc1. The molecule has 0 spiro atoms. The second-order valence-electron chi connectivity index (χ2n) is 6.49. The Morgan fingerprint density at radius 1 is 1.00 bits per heavy atom. The third-order valence-corrected chi connectivity index (χ3v) is 4.96. The van der Waals surface area contributed by atoms with Gasteiger partial charge in [-0.25, -0.2) is 4.39 Å². The van der Waals surface area contributed by atoms with Gasteiger partial charge in [-0.05, 0) is 37.1 Å². The topological polar surface area (TPSA) is 49.9 Å². The zero-order chi connectivity index (χ0) is 17.2. The predicted molar refractivity (Wildman–Crippen MR) is 87.8 cm³/mol. The number of benzene rings is 1. The van der Waals surface area contributed by atoms with E-state index in [0.717, 1.165) is 12.8 Å². The van der Waals surface area contributed by atoms with Crippen molar-refractivity contribution >= 4 is 11.8 Å². The Morgan fingerprint density at radius 3 is 2.12 bits per heavy atom. The van der Waals surface area contributed by atoms with E-state index in [4.69, 9.17) is 4.74 Å². The van der Waals surface area contributed by atoms with Crippen LogP contribution in [0.1, 0.15) is 36.0 Å². The molecule has 2 heterocycles. The van der Waals surface area contributed by atoms with Gasteiger partial charge in [-0.15, -0.1) is 0 Å². The van der Waals surface area contributed by atoms with E-state index in [-0.39, 0.29) is 31.8 Å². The van der Waals surface area contributed by atoms with E-state index < -0.39 is 11.6 Å². The highest BCUT2D eigenvalue weighted by atomic mass is 19.1. The van der Waals surface area contributed by atoms with Crippen molar-refractivity contribution in [3.8, 4) is 5.75 Å². The van der Waals surface area contributed by atoms with Gasteiger partial charge < -0.3 is 14.5 Å². The largest absolute Gasteiger partial charge is 0.497 e. The molecule has 5 nitrogen and oxygen atoms in total. The van der Waals surface area contributed by atoms with Crippen LogP contribution in [0.3, 0.4) is 0 Å². The number of carbonyl (C=O) groups excluding carboxylic acids is 2. The molecule has 6 heteroatoms. The number of piperidine rings is 1. The minimum Gasteiger partial charge on any atom is -0.497 e. The fourth-order valence-electron chi connectivity index (χ4n) is 3.40. The number of amides is 2. The number of hydrogen-bond acceptors (Lipinski definition) is 3. The highest BCUT2D eigenvalue weighted by Crippen LogP contribution is 2.31. The van der Waals surface area contributed by atoms with Crippen LogP contribution in [-0.2, 0) is 4.79 Å². The van der Waals surface area contributed by atoms with Crippen LogP contribution in [0.5, 0.6) is 5.75 Å². The highest BCUT2D eigenvalue weighted by Gasteiger charge is 2.45. The van der Waals surface area contributed by atoms with Gasteiger partial charge in [0.25, 0.3) is 11.8 Å². The number of ether oxygens (including phenoxy) is 1. The zero-order valence-corrected chi connectivity index (χ0v) is 14.0. The first-order valence-corrected chi connectivity index (χ1v) is 8.45. The molecular formula is C18H23FN2O3. The van der Waals surface area contributed by atoms with Crippen molar-refractivity contribution in [1.29, 1.82) is 0 Å². The van der Waals surface area contributed by atoms with E-state index in [2.05, 4.69) is 0 Å². The molecule has 0 atom stereocenters. The molecule has 0 saturated carbocycles. The Labute approximate surface area is 141 Å². The number of nitrogens with zero attached hydrogens (tertiary/aromatic N) is 2. The van der Waals surface area contributed by atoms with E-state index >= 15 is 4.39 Å². The number of hydrogen-bond donors (Lipinski definition) is 0. The number of rotatable bonds is 3. The zero-order valence-electron chi connectivity index (χ0n) is 14.0. The summed E-state index contributed by atoms with van der Waals surface area (Å²) in [7, 11) is 1.57. The number of methoxy groups -OCH3 is 1. The van der Waals surface area contributed by atoms with Gasteiger partial charge >= 0.3 is 0 Å². The van der Waals surface area contributed by atoms with Crippen molar-refractivity contribution in [3.63, 3.8) is 0 Å². The summed E-state index contributed by atoms with van der Waals surface area (Å²) in [6, 6.07) is 6.86. The molecule has 2 aliphatic rings. The van der Waals surface area contributed by atoms with Gasteiger partial charge in [0.15, 0.2) is 5.67 Å². The van der Waals surface area contributed by atoms with Crippen molar-refractivity contribution in [1.82, 2.24) is 9.80 Å². The highest BCUT2D eigenvalue weighted by molar-refractivity contribution is 5.94. The van der Waals surface area contributed by atoms with Crippen LogP contribution in [0, 0.1) is 0 Å². The van der Waals surface area contributed by atoms with Crippen LogP contribution < -0.4 is 4.74 Å². The number of alkyl halides is 1. The van der Waals surface area contributed by atoms with Crippen molar-refractivity contribution in [3.05, 3.63) is 29.8 Å². The molecule has 0 bridgehead atoms. The summed E-state index contributed by atoms with van der Waals surface area (Å²) in [6.07, 6.45) is 2.04. The lowest BCUT2D eigenvalue weighted by molar-refractivity contribution is -0.145. The summed E-state index contributed by atoms with van der Waals surface area (Å²) in [6.45, 7) is 1.83. The molecule has 2 amide bonds. The monoisotopic (exact) mass is 334 g/mol. The molecule has 1 aromatic rings. The average Bonchev–Trinajstić information content (AvgIpc) is 3.16. The molecule has 2 aliphatic heterocycles. The standard InChI is InChI=1S/C18H23FN2O3/c1-24-15-6-4-14(5-7-15)16(22)20-12-8-18(19,9-13-20)17(23)21-10-2-3-11-21/h4-7H,2-3,8-13H2,1H3. The summed E-state index contributed by atoms with van der Waals surface area (Å²) in [5, 5.41) is 0. The van der Waals surface area contributed by atoms with Crippen LogP contribution in [0.2, 0.25) is 0 Å². The molecule has 2 fully saturated rings. The first-order chi connectivity index (χ1) is 11.5. The smallest absolute Gasteiger partial charge is 0.260 e. The van der Waals surface area contributed by atoms with Crippen LogP contribution in [-0.4, -0.2) is 60.6 Å². The second-order valence-corrected chi connectivity index (χ2v) is 6.49. The van der Waals surface area contributed by atoms with E-state index in [1.165, 1.54) is 0 Å². The van der Waals surface area contributed by atoms with E-state index in [0.29, 0.717) is 24.4 Å². The molecule has 0 radical (unpaired) electrons. The molecule has 0 aromatic heterocycles. The number of halogens is 1. The number of carbonyl (C=O) groups is 2. The molecule has 130 valence electrons. The van der Waals surface area contributed by atoms with Crippen molar-refractivity contribution < 1.29 is 18.7 Å². The normalized spacial score (nSPS) is 20.1. The Balaban J connectivity index is 1.61. The maximum Gasteiger partial charge on any atom is 0.260 e. The van der Waals surface area contributed by atoms with Gasteiger partial charge in [-0.1, -0.05) is 0 Å². The lowest BCUT2D eigenvalue weighted by Crippen LogP contribution is -2.52. The Morgan fingerprint density at radius 2 is 1.58 bits per heavy atom. The lowest BCUT2D eigenvalue weighted by Gasteiger charge is -2.37.